The molecule has 15 heavy (non-hydrogen) atoms. The third-order valence-electron chi connectivity index (χ3n) is 5.17. The first-order valence-electron chi connectivity index (χ1n) is 6.29. The normalized spacial score (nSPS) is 38.5. The molecule has 0 N–H and O–H groups in total. The lowest BCUT2D eigenvalue weighted by atomic mass is 9.48. The predicted molar refractivity (Wildman–Crippen MR) is 63.8 cm³/mol. The number of hydrogen-bond donors (Lipinski definition) is 0. The molecule has 3 rings (SSSR count). The van der Waals surface area contributed by atoms with Gasteiger partial charge in [0.2, 0.25) is 0 Å². The first-order valence-corrected chi connectivity index (χ1v) is 6.29. The van der Waals surface area contributed by atoms with E-state index in [4.69, 9.17) is 0 Å². The van der Waals surface area contributed by atoms with Crippen molar-refractivity contribution in [3.8, 4) is 0 Å². The molecule has 0 radical (unpaired) electrons. The quantitative estimate of drug-likeness (QED) is 0.597. The zero-order chi connectivity index (χ0) is 10.5. The van der Waals surface area contributed by atoms with Crippen LogP contribution in [0.2, 0.25) is 0 Å². The Kier molecular flexibility index (Phi) is 1.95. The predicted octanol–water partition coefficient (Wildman–Crippen LogP) is 3.84. The smallest absolute Gasteiger partial charge is 0.0202 e. The molecule has 2 aliphatic rings. The molecule has 1 aromatic carbocycles. The number of aryl methyl sites for hydroxylation is 1. The van der Waals surface area contributed by atoms with Crippen LogP contribution >= 0.6 is 0 Å². The van der Waals surface area contributed by atoms with Gasteiger partial charge in [-0.2, -0.15) is 0 Å². The van der Waals surface area contributed by atoms with Crippen molar-refractivity contribution in [1.29, 1.82) is 0 Å². The molecule has 0 amide bonds. The monoisotopic (exact) mass is 200 g/mol. The van der Waals surface area contributed by atoms with Gasteiger partial charge in [0.15, 0.2) is 0 Å². The molecule has 0 aliphatic heterocycles. The van der Waals surface area contributed by atoms with Crippen LogP contribution in [0.3, 0.4) is 0 Å². The summed E-state index contributed by atoms with van der Waals surface area (Å²) in [6.45, 7) is 4.90. The molecular formula is C15H20. The van der Waals surface area contributed by atoms with Gasteiger partial charge in [-0.1, -0.05) is 38.1 Å². The maximum Gasteiger partial charge on any atom is -0.0202 e. The number of rotatable bonds is 0. The number of fused-ring (bicyclic) bond motifs is 1. The van der Waals surface area contributed by atoms with Crippen LogP contribution in [-0.2, 0) is 12.8 Å². The summed E-state index contributed by atoms with van der Waals surface area (Å²) < 4.78 is 0. The Morgan fingerprint density at radius 2 is 1.73 bits per heavy atom. The Balaban J connectivity index is 1.95. The zero-order valence-corrected chi connectivity index (χ0v) is 9.79. The maximum atomic E-state index is 2.45. The molecule has 0 heterocycles. The van der Waals surface area contributed by atoms with Crippen molar-refractivity contribution in [3.63, 3.8) is 0 Å². The lowest BCUT2D eigenvalue weighted by Crippen LogP contribution is -2.50. The lowest BCUT2D eigenvalue weighted by molar-refractivity contribution is -0.0448. The SMILES string of the molecule is CC1CC(C)C12CCc1ccccc1C2. The van der Waals surface area contributed by atoms with Gasteiger partial charge in [0, 0.05) is 0 Å². The highest BCUT2D eigenvalue weighted by atomic mass is 14.5. The van der Waals surface area contributed by atoms with Crippen molar-refractivity contribution in [1.82, 2.24) is 0 Å². The zero-order valence-electron chi connectivity index (χ0n) is 9.79. The van der Waals surface area contributed by atoms with Gasteiger partial charge in [0.05, 0.1) is 0 Å². The van der Waals surface area contributed by atoms with E-state index in [0.717, 1.165) is 11.8 Å². The Morgan fingerprint density at radius 1 is 1.07 bits per heavy atom. The van der Waals surface area contributed by atoms with E-state index in [1.54, 1.807) is 11.1 Å². The first kappa shape index (κ1) is 9.45. The van der Waals surface area contributed by atoms with Crippen LogP contribution in [-0.4, -0.2) is 0 Å². The third kappa shape index (κ3) is 1.20. The van der Waals surface area contributed by atoms with Crippen LogP contribution in [0.1, 0.15) is 37.8 Å². The minimum absolute atomic E-state index is 0.661. The van der Waals surface area contributed by atoms with Gasteiger partial charge in [-0.05, 0) is 54.1 Å². The van der Waals surface area contributed by atoms with E-state index in [9.17, 15) is 0 Å². The highest BCUT2D eigenvalue weighted by Crippen LogP contribution is 2.58. The van der Waals surface area contributed by atoms with Crippen LogP contribution in [0, 0.1) is 17.3 Å². The molecule has 2 unspecified atom stereocenters. The summed E-state index contributed by atoms with van der Waals surface area (Å²) in [7, 11) is 0. The minimum Gasteiger partial charge on any atom is -0.0620 e. The standard InChI is InChI=1S/C15H20/c1-11-9-12(2)15(11)8-7-13-5-3-4-6-14(13)10-15/h3-6,11-12H,7-10H2,1-2H3. The van der Waals surface area contributed by atoms with Crippen molar-refractivity contribution in [2.75, 3.05) is 0 Å². The summed E-state index contributed by atoms with van der Waals surface area (Å²) in [6.07, 6.45) is 5.52. The first-order chi connectivity index (χ1) is 7.22. The number of hydrogen-bond acceptors (Lipinski definition) is 0. The number of benzene rings is 1. The van der Waals surface area contributed by atoms with E-state index in [0.29, 0.717) is 5.41 Å². The highest BCUT2D eigenvalue weighted by Gasteiger charge is 2.50. The van der Waals surface area contributed by atoms with Gasteiger partial charge in [0.1, 0.15) is 0 Å². The van der Waals surface area contributed by atoms with E-state index in [2.05, 4.69) is 38.1 Å². The molecule has 1 fully saturated rings. The van der Waals surface area contributed by atoms with Crippen LogP contribution in [0.5, 0.6) is 0 Å². The molecule has 0 heteroatoms. The third-order valence-corrected chi connectivity index (χ3v) is 5.17. The van der Waals surface area contributed by atoms with E-state index in [1.807, 2.05) is 0 Å². The Labute approximate surface area is 92.7 Å². The average Bonchev–Trinajstić information content (AvgIpc) is 2.29. The van der Waals surface area contributed by atoms with Crippen molar-refractivity contribution in [3.05, 3.63) is 35.4 Å². The van der Waals surface area contributed by atoms with Gasteiger partial charge in [-0.3, -0.25) is 0 Å². The van der Waals surface area contributed by atoms with Gasteiger partial charge in [-0.15, -0.1) is 0 Å². The second-order valence-corrected chi connectivity index (χ2v) is 5.72. The summed E-state index contributed by atoms with van der Waals surface area (Å²) in [5.74, 6) is 1.89. The Morgan fingerprint density at radius 3 is 2.40 bits per heavy atom. The van der Waals surface area contributed by atoms with Gasteiger partial charge in [0.25, 0.3) is 0 Å². The van der Waals surface area contributed by atoms with Gasteiger partial charge in [-0.25, -0.2) is 0 Å². The van der Waals surface area contributed by atoms with E-state index >= 15 is 0 Å². The van der Waals surface area contributed by atoms with E-state index in [-0.39, 0.29) is 0 Å². The summed E-state index contributed by atoms with van der Waals surface area (Å²) in [4.78, 5) is 0. The van der Waals surface area contributed by atoms with Crippen LogP contribution in [0.4, 0.5) is 0 Å². The van der Waals surface area contributed by atoms with Crippen LogP contribution in [0.25, 0.3) is 0 Å². The second kappa shape index (κ2) is 3.10. The summed E-state index contributed by atoms with van der Waals surface area (Å²) in [5, 5.41) is 0. The van der Waals surface area contributed by atoms with E-state index in [1.165, 1.54) is 25.7 Å². The topological polar surface area (TPSA) is 0 Å². The Hall–Kier alpha value is -0.780. The van der Waals surface area contributed by atoms with Gasteiger partial charge >= 0.3 is 0 Å². The fourth-order valence-corrected chi connectivity index (χ4v) is 3.95. The van der Waals surface area contributed by atoms with Crippen molar-refractivity contribution < 1.29 is 0 Å². The molecule has 0 bridgehead atoms. The van der Waals surface area contributed by atoms with Crippen LogP contribution in [0.15, 0.2) is 24.3 Å². The van der Waals surface area contributed by atoms with Crippen molar-refractivity contribution in [2.45, 2.75) is 39.5 Å². The van der Waals surface area contributed by atoms with Crippen molar-refractivity contribution in [2.24, 2.45) is 17.3 Å². The molecule has 0 saturated heterocycles. The molecule has 1 spiro atoms. The fourth-order valence-electron chi connectivity index (χ4n) is 3.95. The van der Waals surface area contributed by atoms with Crippen LogP contribution < -0.4 is 0 Å². The minimum atomic E-state index is 0.661. The fraction of sp³-hybridized carbons (Fsp3) is 0.600. The average molecular weight is 200 g/mol. The molecule has 2 aliphatic carbocycles. The second-order valence-electron chi connectivity index (χ2n) is 5.72. The largest absolute Gasteiger partial charge is 0.0620 e. The Bertz CT molecular complexity index is 369. The molecule has 2 atom stereocenters. The lowest BCUT2D eigenvalue weighted by Gasteiger charge is -2.56. The molecular weight excluding hydrogens is 180 g/mol. The summed E-state index contributed by atoms with van der Waals surface area (Å²) in [5.41, 5.74) is 3.89. The maximum absolute atomic E-state index is 2.45. The van der Waals surface area contributed by atoms with E-state index < -0.39 is 0 Å². The van der Waals surface area contributed by atoms with Gasteiger partial charge < -0.3 is 0 Å². The molecule has 80 valence electrons. The van der Waals surface area contributed by atoms with Crippen molar-refractivity contribution >= 4 is 0 Å². The molecule has 0 nitrogen and oxygen atoms in total. The molecule has 1 aromatic rings. The summed E-state index contributed by atoms with van der Waals surface area (Å²) >= 11 is 0. The highest BCUT2D eigenvalue weighted by molar-refractivity contribution is 5.32. The molecule has 0 aromatic heterocycles. The summed E-state index contributed by atoms with van der Waals surface area (Å²) in [6, 6.07) is 9.04. The molecule has 1 saturated carbocycles.